The second kappa shape index (κ2) is 4.10. The average Bonchev–Trinajstić information content (AvgIpc) is 2.36. The topological polar surface area (TPSA) is 35.8 Å². The number of halogens is 1. The lowest BCUT2D eigenvalue weighted by Crippen LogP contribution is -2.30. The molecule has 1 unspecified atom stereocenters. The zero-order valence-corrected chi connectivity index (χ0v) is 7.76. The van der Waals surface area contributed by atoms with Crippen LogP contribution in [0, 0.1) is 5.92 Å². The van der Waals surface area contributed by atoms with Crippen LogP contribution in [0.15, 0.2) is 5.16 Å². The molecule has 3 fully saturated rings. The average molecular weight is 192 g/mol. The molecule has 0 saturated carbocycles. The summed E-state index contributed by atoms with van der Waals surface area (Å²) in [6, 6.07) is 0. The van der Waals surface area contributed by atoms with Crippen LogP contribution in [0.1, 0.15) is 20.6 Å². The van der Waals surface area contributed by atoms with E-state index in [0.717, 1.165) is 31.6 Å². The summed E-state index contributed by atoms with van der Waals surface area (Å²) >= 11 is 0. The van der Waals surface area contributed by atoms with Crippen molar-refractivity contribution in [2.24, 2.45) is 11.1 Å². The van der Waals surface area contributed by atoms with Gasteiger partial charge >= 0.3 is 0 Å². The highest BCUT2D eigenvalue weighted by molar-refractivity contribution is 5.87. The van der Waals surface area contributed by atoms with E-state index in [1.807, 2.05) is 0 Å². The molecule has 4 heteroatoms. The van der Waals surface area contributed by atoms with E-state index < -0.39 is 0 Å². The molecule has 70 valence electrons. The highest BCUT2D eigenvalue weighted by atomic mass is 35.5. The summed E-state index contributed by atoms with van der Waals surface area (Å²) < 4.78 is 7.76. The third-order valence-electron chi connectivity index (χ3n) is 2.69. The monoisotopic (exact) mass is 191 g/mol. The van der Waals surface area contributed by atoms with Gasteiger partial charge in [0, 0.05) is 20.2 Å². The maximum absolute atomic E-state index is 8.74. The van der Waals surface area contributed by atoms with E-state index >= 15 is 0 Å². The lowest BCUT2D eigenvalue weighted by atomic mass is 9.94. The van der Waals surface area contributed by atoms with Gasteiger partial charge in [-0.05, 0) is 25.9 Å². The molecule has 0 aromatic heterocycles. The third-order valence-corrected chi connectivity index (χ3v) is 2.69. The molecule has 3 heterocycles. The highest BCUT2D eigenvalue weighted by Crippen LogP contribution is 2.24. The molecule has 3 saturated heterocycles. The summed E-state index contributed by atoms with van der Waals surface area (Å²) in [4.78, 5) is 2.16. The number of nitrogens with zero attached hydrogens (tertiary/aromatic N) is 2. The Bertz CT molecular complexity index is 204. The van der Waals surface area contributed by atoms with Crippen LogP contribution in [0.3, 0.4) is 0 Å². The number of fused-ring (bicyclic) bond motifs is 4. The van der Waals surface area contributed by atoms with Gasteiger partial charge in [0.25, 0.3) is 0 Å². The second-order valence-electron chi connectivity index (χ2n) is 3.29. The number of piperidine rings is 1. The van der Waals surface area contributed by atoms with E-state index in [1.54, 1.807) is 0 Å². The van der Waals surface area contributed by atoms with Crippen molar-refractivity contribution in [1.29, 1.82) is 0 Å². The summed E-state index contributed by atoms with van der Waals surface area (Å²) in [6.45, 7) is 1.82. The molecule has 2 bridgehead atoms. The maximum Gasteiger partial charge on any atom is 0.0615 e. The van der Waals surface area contributed by atoms with Gasteiger partial charge in [-0.2, -0.15) is 0 Å². The molecule has 0 aromatic rings. The fourth-order valence-electron chi connectivity index (χ4n) is 1.93. The van der Waals surface area contributed by atoms with Crippen LogP contribution < -0.4 is 0 Å². The van der Waals surface area contributed by atoms with Crippen molar-refractivity contribution in [3.63, 3.8) is 0 Å². The minimum Gasteiger partial charge on any atom is -0.411 e. The van der Waals surface area contributed by atoms with Crippen molar-refractivity contribution in [3.05, 3.63) is 0 Å². The molecule has 0 aliphatic carbocycles. The molecule has 0 amide bonds. The SMILES string of the molecule is Cl.[2H]C1CC(=NO)C2CCN1CC2. The Hall–Kier alpha value is -0.280. The molecule has 3 nitrogen and oxygen atoms in total. The fraction of sp³-hybridized carbons (Fsp3) is 0.875. The third kappa shape index (κ3) is 1.72. The van der Waals surface area contributed by atoms with Gasteiger partial charge in [0.05, 0.1) is 5.71 Å². The molecule has 0 radical (unpaired) electrons. The smallest absolute Gasteiger partial charge is 0.0615 e. The van der Waals surface area contributed by atoms with E-state index in [0.29, 0.717) is 12.3 Å². The van der Waals surface area contributed by atoms with Gasteiger partial charge in [-0.1, -0.05) is 5.16 Å². The number of rotatable bonds is 0. The Morgan fingerprint density at radius 3 is 2.75 bits per heavy atom. The normalized spacial score (nSPS) is 44.8. The molecule has 3 aliphatic heterocycles. The van der Waals surface area contributed by atoms with Crippen LogP contribution >= 0.6 is 12.4 Å². The van der Waals surface area contributed by atoms with Crippen molar-refractivity contribution in [1.82, 2.24) is 4.90 Å². The lowest BCUT2D eigenvalue weighted by molar-refractivity contribution is 0.232. The highest BCUT2D eigenvalue weighted by Gasteiger charge is 2.27. The number of oxime groups is 1. The van der Waals surface area contributed by atoms with E-state index in [-0.39, 0.29) is 18.9 Å². The van der Waals surface area contributed by atoms with Gasteiger partial charge in [-0.3, -0.25) is 0 Å². The van der Waals surface area contributed by atoms with E-state index in [4.69, 9.17) is 6.58 Å². The summed E-state index contributed by atoms with van der Waals surface area (Å²) in [6.07, 6.45) is 2.75. The van der Waals surface area contributed by atoms with Crippen LogP contribution in [-0.4, -0.2) is 35.4 Å². The van der Waals surface area contributed by atoms with Gasteiger partial charge in [0.1, 0.15) is 0 Å². The second-order valence-corrected chi connectivity index (χ2v) is 3.29. The Balaban J connectivity index is 0.000000845. The van der Waals surface area contributed by atoms with Gasteiger partial charge in [-0.25, -0.2) is 0 Å². The van der Waals surface area contributed by atoms with Crippen LogP contribution in [0.4, 0.5) is 0 Å². The predicted molar refractivity (Wildman–Crippen MR) is 50.3 cm³/mol. The first kappa shape index (κ1) is 8.32. The van der Waals surface area contributed by atoms with Crippen LogP contribution in [-0.2, 0) is 0 Å². The molecular formula is C8H15ClN2O. The van der Waals surface area contributed by atoms with E-state index in [2.05, 4.69) is 10.1 Å². The molecule has 0 aromatic carbocycles. The van der Waals surface area contributed by atoms with Crippen LogP contribution in [0.5, 0.6) is 0 Å². The van der Waals surface area contributed by atoms with Gasteiger partial charge in [0.15, 0.2) is 0 Å². The Morgan fingerprint density at radius 2 is 2.17 bits per heavy atom. The number of hydrogen-bond acceptors (Lipinski definition) is 3. The Kier molecular flexibility index (Phi) is 2.84. The summed E-state index contributed by atoms with van der Waals surface area (Å²) in [5, 5.41) is 12.0. The zero-order valence-electron chi connectivity index (χ0n) is 7.94. The van der Waals surface area contributed by atoms with Crippen molar-refractivity contribution in [3.8, 4) is 0 Å². The van der Waals surface area contributed by atoms with Crippen molar-refractivity contribution >= 4 is 18.1 Å². The van der Waals surface area contributed by atoms with Crippen molar-refractivity contribution < 1.29 is 6.58 Å². The van der Waals surface area contributed by atoms with E-state index in [1.165, 1.54) is 0 Å². The zero-order chi connectivity index (χ0) is 8.55. The first-order chi connectivity index (χ1) is 5.81. The summed E-state index contributed by atoms with van der Waals surface area (Å²) in [5.41, 5.74) is 0.843. The molecule has 1 N–H and O–H groups in total. The Labute approximate surface area is 80.2 Å². The van der Waals surface area contributed by atoms with Crippen LogP contribution in [0.25, 0.3) is 0 Å². The molecule has 3 aliphatic rings. The first-order valence-electron chi connectivity index (χ1n) is 4.76. The molecule has 12 heavy (non-hydrogen) atoms. The fourth-order valence-corrected chi connectivity index (χ4v) is 1.93. The van der Waals surface area contributed by atoms with Crippen LogP contribution in [0.2, 0.25) is 0 Å². The molecular weight excluding hydrogens is 176 g/mol. The van der Waals surface area contributed by atoms with Crippen molar-refractivity contribution in [2.45, 2.75) is 19.3 Å². The molecule has 0 spiro atoms. The minimum atomic E-state index is -0.177. The summed E-state index contributed by atoms with van der Waals surface area (Å²) in [5.74, 6) is 0.446. The quantitative estimate of drug-likeness (QED) is 0.464. The van der Waals surface area contributed by atoms with Crippen molar-refractivity contribution in [2.75, 3.05) is 19.6 Å². The van der Waals surface area contributed by atoms with Gasteiger partial charge in [-0.15, -0.1) is 12.4 Å². The van der Waals surface area contributed by atoms with E-state index in [9.17, 15) is 0 Å². The summed E-state index contributed by atoms with van der Waals surface area (Å²) in [7, 11) is 0. The Morgan fingerprint density at radius 1 is 1.50 bits per heavy atom. The van der Waals surface area contributed by atoms with Gasteiger partial charge < -0.3 is 10.1 Å². The van der Waals surface area contributed by atoms with Gasteiger partial charge in [0.2, 0.25) is 0 Å². The molecule has 3 rings (SSSR count). The predicted octanol–water partition coefficient (Wildman–Crippen LogP) is 1.35. The maximum atomic E-state index is 8.74. The first-order valence-corrected chi connectivity index (χ1v) is 4.18. The lowest BCUT2D eigenvalue weighted by Gasteiger charge is -2.25. The standard InChI is InChI=1S/C8H14N2O.ClH/c11-9-8-3-6-10-4-1-7(8)2-5-10;/h7,11H,1-6H2;1H/i6D;. The molecule has 1 atom stereocenters. The largest absolute Gasteiger partial charge is 0.411 e. The minimum absolute atomic E-state index is 0. The number of hydrogen-bond donors (Lipinski definition) is 1.